The van der Waals surface area contributed by atoms with Crippen LogP contribution in [-0.2, 0) is 6.54 Å². The summed E-state index contributed by atoms with van der Waals surface area (Å²) in [5.41, 5.74) is 0.782. The highest BCUT2D eigenvalue weighted by Crippen LogP contribution is 2.23. The smallest absolute Gasteiger partial charge is 0.406 e. The van der Waals surface area contributed by atoms with Gasteiger partial charge < -0.3 is 10.1 Å². The van der Waals surface area contributed by atoms with E-state index in [0.29, 0.717) is 12.6 Å². The van der Waals surface area contributed by atoms with Crippen molar-refractivity contribution in [2.75, 3.05) is 0 Å². The monoisotopic (exact) mass is 275 g/mol. The highest BCUT2D eigenvalue weighted by atomic mass is 19.4. The first-order chi connectivity index (χ1) is 8.90. The van der Waals surface area contributed by atoms with E-state index in [1.54, 1.807) is 12.1 Å². The first-order valence-electron chi connectivity index (χ1n) is 6.49. The minimum atomic E-state index is -4.64. The van der Waals surface area contributed by atoms with Gasteiger partial charge in [-0.05, 0) is 31.0 Å². The molecule has 1 aromatic carbocycles. The second-order valence-corrected chi connectivity index (χ2v) is 4.62. The molecular weight excluding hydrogens is 255 g/mol. The van der Waals surface area contributed by atoms with Crippen molar-refractivity contribution in [1.82, 2.24) is 5.32 Å². The Balaban J connectivity index is 2.48. The SMILES string of the molecule is CCCCC(C)NCc1cccc(OC(F)(F)F)c1. The number of nitrogens with one attached hydrogen (secondary N) is 1. The number of halogens is 3. The van der Waals surface area contributed by atoms with Crippen molar-refractivity contribution in [2.45, 2.75) is 52.1 Å². The molecule has 0 aromatic heterocycles. The normalized spacial score (nSPS) is 13.3. The van der Waals surface area contributed by atoms with E-state index in [-0.39, 0.29) is 5.75 Å². The second kappa shape index (κ2) is 7.38. The minimum Gasteiger partial charge on any atom is -0.406 e. The molecule has 0 heterocycles. The molecule has 108 valence electrons. The Labute approximate surface area is 112 Å². The zero-order chi connectivity index (χ0) is 14.3. The van der Waals surface area contributed by atoms with Crippen LogP contribution in [0.1, 0.15) is 38.7 Å². The Morgan fingerprint density at radius 3 is 2.68 bits per heavy atom. The highest BCUT2D eigenvalue weighted by Gasteiger charge is 2.31. The predicted octanol–water partition coefficient (Wildman–Crippen LogP) is 4.25. The van der Waals surface area contributed by atoms with Crippen LogP contribution in [0.15, 0.2) is 24.3 Å². The van der Waals surface area contributed by atoms with Crippen LogP contribution < -0.4 is 10.1 Å². The van der Waals surface area contributed by atoms with Gasteiger partial charge in [-0.15, -0.1) is 13.2 Å². The molecule has 0 aliphatic rings. The van der Waals surface area contributed by atoms with Gasteiger partial charge in [0.05, 0.1) is 0 Å². The van der Waals surface area contributed by atoms with E-state index in [9.17, 15) is 13.2 Å². The van der Waals surface area contributed by atoms with Gasteiger partial charge >= 0.3 is 6.36 Å². The third-order valence-corrected chi connectivity index (χ3v) is 2.78. The van der Waals surface area contributed by atoms with Gasteiger partial charge in [0.1, 0.15) is 5.75 Å². The Morgan fingerprint density at radius 1 is 1.32 bits per heavy atom. The summed E-state index contributed by atoms with van der Waals surface area (Å²) in [7, 11) is 0. The number of rotatable bonds is 7. The Bertz CT molecular complexity index is 379. The van der Waals surface area contributed by atoms with Crippen LogP contribution in [-0.4, -0.2) is 12.4 Å². The molecule has 5 heteroatoms. The molecule has 1 aromatic rings. The lowest BCUT2D eigenvalue weighted by Crippen LogP contribution is -2.25. The zero-order valence-corrected chi connectivity index (χ0v) is 11.3. The lowest BCUT2D eigenvalue weighted by atomic mass is 10.1. The van der Waals surface area contributed by atoms with Crippen molar-refractivity contribution in [3.05, 3.63) is 29.8 Å². The van der Waals surface area contributed by atoms with Crippen LogP contribution >= 0.6 is 0 Å². The summed E-state index contributed by atoms with van der Waals surface area (Å²) >= 11 is 0. The number of benzene rings is 1. The first-order valence-corrected chi connectivity index (χ1v) is 6.49. The van der Waals surface area contributed by atoms with Gasteiger partial charge in [0.15, 0.2) is 0 Å². The van der Waals surface area contributed by atoms with Gasteiger partial charge in [0.25, 0.3) is 0 Å². The average molecular weight is 275 g/mol. The van der Waals surface area contributed by atoms with Gasteiger partial charge in [0.2, 0.25) is 0 Å². The largest absolute Gasteiger partial charge is 0.573 e. The molecule has 0 fully saturated rings. The van der Waals surface area contributed by atoms with Crippen molar-refractivity contribution in [1.29, 1.82) is 0 Å². The van der Waals surface area contributed by atoms with Crippen LogP contribution in [0.5, 0.6) is 5.75 Å². The summed E-state index contributed by atoms with van der Waals surface area (Å²) in [5.74, 6) is -0.173. The summed E-state index contributed by atoms with van der Waals surface area (Å²) in [6.07, 6.45) is -1.29. The molecule has 1 rings (SSSR count). The van der Waals surface area contributed by atoms with Crippen molar-refractivity contribution < 1.29 is 17.9 Å². The van der Waals surface area contributed by atoms with E-state index in [2.05, 4.69) is 23.9 Å². The fourth-order valence-electron chi connectivity index (χ4n) is 1.76. The fraction of sp³-hybridized carbons (Fsp3) is 0.571. The summed E-state index contributed by atoms with van der Waals surface area (Å²) < 4.78 is 40.2. The average Bonchev–Trinajstić information content (AvgIpc) is 2.32. The number of hydrogen-bond donors (Lipinski definition) is 1. The van der Waals surface area contributed by atoms with E-state index in [1.165, 1.54) is 12.1 Å². The van der Waals surface area contributed by atoms with Crippen molar-refractivity contribution >= 4 is 0 Å². The van der Waals surface area contributed by atoms with E-state index in [4.69, 9.17) is 0 Å². The lowest BCUT2D eigenvalue weighted by Gasteiger charge is -2.14. The standard InChI is InChI=1S/C14H20F3NO/c1-3-4-6-11(2)18-10-12-7-5-8-13(9-12)19-14(15,16)17/h5,7-9,11,18H,3-4,6,10H2,1-2H3. The van der Waals surface area contributed by atoms with Gasteiger partial charge in [-0.2, -0.15) is 0 Å². The van der Waals surface area contributed by atoms with Crippen molar-refractivity contribution in [3.63, 3.8) is 0 Å². The Morgan fingerprint density at radius 2 is 2.05 bits per heavy atom. The molecule has 0 aliphatic heterocycles. The van der Waals surface area contributed by atoms with Crippen molar-refractivity contribution in [2.24, 2.45) is 0 Å². The van der Waals surface area contributed by atoms with Gasteiger partial charge in [-0.25, -0.2) is 0 Å². The zero-order valence-electron chi connectivity index (χ0n) is 11.3. The van der Waals surface area contributed by atoms with E-state index in [0.717, 1.165) is 24.8 Å². The van der Waals surface area contributed by atoms with E-state index in [1.807, 2.05) is 0 Å². The molecule has 19 heavy (non-hydrogen) atoms. The predicted molar refractivity (Wildman–Crippen MR) is 69.0 cm³/mol. The molecule has 1 unspecified atom stereocenters. The van der Waals surface area contributed by atoms with Crippen molar-refractivity contribution in [3.8, 4) is 5.75 Å². The second-order valence-electron chi connectivity index (χ2n) is 4.62. The quantitative estimate of drug-likeness (QED) is 0.803. The number of ether oxygens (including phenoxy) is 1. The summed E-state index contributed by atoms with van der Waals surface area (Å²) in [5, 5.41) is 3.29. The summed E-state index contributed by atoms with van der Waals surface area (Å²) in [4.78, 5) is 0. The van der Waals surface area contributed by atoms with Crippen LogP contribution in [0.3, 0.4) is 0 Å². The maximum Gasteiger partial charge on any atom is 0.573 e. The number of unbranched alkanes of at least 4 members (excludes halogenated alkanes) is 1. The molecule has 1 N–H and O–H groups in total. The van der Waals surface area contributed by atoms with Gasteiger partial charge in [-0.1, -0.05) is 31.9 Å². The van der Waals surface area contributed by atoms with Crippen LogP contribution in [0, 0.1) is 0 Å². The molecule has 0 amide bonds. The molecular formula is C14H20F3NO. The first kappa shape index (κ1) is 15.8. The molecule has 1 atom stereocenters. The topological polar surface area (TPSA) is 21.3 Å². The number of alkyl halides is 3. The molecule has 0 spiro atoms. The van der Waals surface area contributed by atoms with Gasteiger partial charge in [-0.3, -0.25) is 0 Å². The maximum absolute atomic E-state index is 12.1. The third kappa shape index (κ3) is 7.06. The molecule has 0 aliphatic carbocycles. The molecule has 0 radical (unpaired) electrons. The van der Waals surface area contributed by atoms with E-state index >= 15 is 0 Å². The molecule has 0 bridgehead atoms. The van der Waals surface area contributed by atoms with Crippen LogP contribution in [0.4, 0.5) is 13.2 Å². The molecule has 2 nitrogen and oxygen atoms in total. The summed E-state index contributed by atoms with van der Waals surface area (Å²) in [6.45, 7) is 4.75. The lowest BCUT2D eigenvalue weighted by molar-refractivity contribution is -0.274. The highest BCUT2D eigenvalue weighted by molar-refractivity contribution is 5.28. The van der Waals surface area contributed by atoms with Crippen LogP contribution in [0.2, 0.25) is 0 Å². The third-order valence-electron chi connectivity index (χ3n) is 2.78. The minimum absolute atomic E-state index is 0.173. The summed E-state index contributed by atoms with van der Waals surface area (Å²) in [6, 6.07) is 6.41. The molecule has 0 saturated heterocycles. The Kier molecular flexibility index (Phi) is 6.15. The van der Waals surface area contributed by atoms with Crippen LogP contribution in [0.25, 0.3) is 0 Å². The maximum atomic E-state index is 12.1. The van der Waals surface area contributed by atoms with E-state index < -0.39 is 6.36 Å². The Hall–Kier alpha value is -1.23. The van der Waals surface area contributed by atoms with Gasteiger partial charge in [0, 0.05) is 12.6 Å². The fourth-order valence-corrected chi connectivity index (χ4v) is 1.76. The molecule has 0 saturated carbocycles. The number of hydrogen-bond acceptors (Lipinski definition) is 2.